The highest BCUT2D eigenvalue weighted by molar-refractivity contribution is 6.31. The number of hydrogen-bond acceptors (Lipinski definition) is 2. The van der Waals surface area contributed by atoms with Crippen molar-refractivity contribution in [2.24, 2.45) is 5.92 Å². The Morgan fingerprint density at radius 1 is 1.38 bits per heavy atom. The molecule has 1 aliphatic heterocycles. The van der Waals surface area contributed by atoms with E-state index in [-0.39, 0.29) is 5.54 Å². The highest BCUT2D eigenvalue weighted by Gasteiger charge is 2.36. The predicted octanol–water partition coefficient (Wildman–Crippen LogP) is 4.33. The molecule has 1 fully saturated rings. The van der Waals surface area contributed by atoms with Gasteiger partial charge in [-0.2, -0.15) is 0 Å². The molecule has 0 saturated carbocycles. The van der Waals surface area contributed by atoms with E-state index in [1.807, 2.05) is 12.1 Å². The van der Waals surface area contributed by atoms with Gasteiger partial charge >= 0.3 is 0 Å². The van der Waals surface area contributed by atoms with Crippen molar-refractivity contribution in [3.63, 3.8) is 0 Å². The smallest absolute Gasteiger partial charge is 0.0451 e. The van der Waals surface area contributed by atoms with Crippen molar-refractivity contribution >= 4 is 11.6 Å². The lowest BCUT2D eigenvalue weighted by molar-refractivity contribution is 0.0372. The number of nitrogens with zero attached hydrogens (tertiary/aromatic N) is 1. The number of halogens is 1. The summed E-state index contributed by atoms with van der Waals surface area (Å²) in [6.07, 6.45) is 2.39. The van der Waals surface area contributed by atoms with Crippen molar-refractivity contribution in [1.29, 1.82) is 0 Å². The van der Waals surface area contributed by atoms with E-state index in [1.165, 1.54) is 12.0 Å². The molecule has 118 valence electrons. The number of rotatable bonds is 5. The van der Waals surface area contributed by atoms with Gasteiger partial charge in [-0.1, -0.05) is 50.6 Å². The van der Waals surface area contributed by atoms with Crippen molar-refractivity contribution in [1.82, 2.24) is 10.2 Å². The zero-order valence-electron chi connectivity index (χ0n) is 13.8. The fraction of sp³-hybridized carbons (Fsp3) is 0.667. The summed E-state index contributed by atoms with van der Waals surface area (Å²) < 4.78 is 0. The van der Waals surface area contributed by atoms with Crippen LogP contribution in [0.15, 0.2) is 24.3 Å². The third-order valence-corrected chi connectivity index (χ3v) is 5.18. The zero-order valence-corrected chi connectivity index (χ0v) is 14.6. The normalized spacial score (nSPS) is 27.2. The SMILES string of the molecule is CCC1(C)CNC(CC(C)C)CN1Cc1ccccc1Cl. The Morgan fingerprint density at radius 3 is 2.71 bits per heavy atom. The van der Waals surface area contributed by atoms with Crippen LogP contribution in [0, 0.1) is 5.92 Å². The van der Waals surface area contributed by atoms with Crippen molar-refractivity contribution < 1.29 is 0 Å². The summed E-state index contributed by atoms with van der Waals surface area (Å²) in [5.41, 5.74) is 1.45. The zero-order chi connectivity index (χ0) is 15.5. The van der Waals surface area contributed by atoms with Crippen LogP contribution in [-0.2, 0) is 6.54 Å². The van der Waals surface area contributed by atoms with Crippen molar-refractivity contribution in [2.45, 2.75) is 58.7 Å². The second kappa shape index (κ2) is 7.13. The summed E-state index contributed by atoms with van der Waals surface area (Å²) in [7, 11) is 0. The Hall–Kier alpha value is -0.570. The van der Waals surface area contributed by atoms with E-state index in [4.69, 9.17) is 11.6 Å². The molecule has 1 N–H and O–H groups in total. The van der Waals surface area contributed by atoms with Gasteiger partial charge in [-0.15, -0.1) is 0 Å². The summed E-state index contributed by atoms with van der Waals surface area (Å²) in [6, 6.07) is 8.82. The average molecular weight is 309 g/mol. The van der Waals surface area contributed by atoms with Crippen LogP contribution >= 0.6 is 11.6 Å². The van der Waals surface area contributed by atoms with E-state index in [2.05, 4.69) is 50.0 Å². The molecule has 1 heterocycles. The maximum atomic E-state index is 6.36. The van der Waals surface area contributed by atoms with Gasteiger partial charge in [0.15, 0.2) is 0 Å². The minimum absolute atomic E-state index is 0.215. The molecule has 0 aromatic heterocycles. The Morgan fingerprint density at radius 2 is 2.10 bits per heavy atom. The van der Waals surface area contributed by atoms with Gasteiger partial charge in [0.2, 0.25) is 0 Å². The molecule has 2 nitrogen and oxygen atoms in total. The maximum absolute atomic E-state index is 6.36. The van der Waals surface area contributed by atoms with Gasteiger partial charge in [0.1, 0.15) is 0 Å². The minimum atomic E-state index is 0.215. The standard InChI is InChI=1S/C18H29ClN2/c1-5-18(4)13-20-16(10-14(2)3)12-21(18)11-15-8-6-7-9-17(15)19/h6-9,14,16,20H,5,10-13H2,1-4H3. The van der Waals surface area contributed by atoms with E-state index in [0.717, 1.165) is 37.0 Å². The van der Waals surface area contributed by atoms with E-state index < -0.39 is 0 Å². The van der Waals surface area contributed by atoms with E-state index in [1.54, 1.807) is 0 Å². The largest absolute Gasteiger partial charge is 0.311 e. The number of benzene rings is 1. The second-order valence-corrected chi connectivity index (χ2v) is 7.44. The quantitative estimate of drug-likeness (QED) is 0.871. The van der Waals surface area contributed by atoms with Crippen LogP contribution in [0.3, 0.4) is 0 Å². The van der Waals surface area contributed by atoms with Gasteiger partial charge < -0.3 is 5.32 Å². The van der Waals surface area contributed by atoms with Crippen LogP contribution in [0.1, 0.15) is 46.1 Å². The molecule has 21 heavy (non-hydrogen) atoms. The molecule has 0 aliphatic carbocycles. The molecular weight excluding hydrogens is 280 g/mol. The summed E-state index contributed by atoms with van der Waals surface area (Å²) in [4.78, 5) is 2.62. The molecule has 0 bridgehead atoms. The number of hydrogen-bond donors (Lipinski definition) is 1. The Labute approximate surface area is 134 Å². The van der Waals surface area contributed by atoms with Crippen molar-refractivity contribution in [3.05, 3.63) is 34.9 Å². The van der Waals surface area contributed by atoms with Gasteiger partial charge in [-0.25, -0.2) is 0 Å². The van der Waals surface area contributed by atoms with Crippen molar-refractivity contribution in [2.75, 3.05) is 13.1 Å². The van der Waals surface area contributed by atoms with Crippen LogP contribution < -0.4 is 5.32 Å². The molecule has 3 heteroatoms. The van der Waals surface area contributed by atoms with Gasteiger partial charge in [-0.05, 0) is 37.3 Å². The highest BCUT2D eigenvalue weighted by Crippen LogP contribution is 2.28. The first-order valence-electron chi connectivity index (χ1n) is 8.16. The third-order valence-electron chi connectivity index (χ3n) is 4.81. The third kappa shape index (κ3) is 4.21. The van der Waals surface area contributed by atoms with Crippen LogP contribution in [0.2, 0.25) is 5.02 Å². The molecular formula is C18H29ClN2. The first-order chi connectivity index (χ1) is 9.94. The van der Waals surface area contributed by atoms with E-state index >= 15 is 0 Å². The Balaban J connectivity index is 2.13. The molecule has 1 saturated heterocycles. The van der Waals surface area contributed by atoms with E-state index in [9.17, 15) is 0 Å². The lowest BCUT2D eigenvalue weighted by Gasteiger charge is -2.48. The van der Waals surface area contributed by atoms with Gasteiger partial charge in [0.05, 0.1) is 0 Å². The molecule has 1 aromatic carbocycles. The first-order valence-corrected chi connectivity index (χ1v) is 8.54. The van der Waals surface area contributed by atoms with Crippen LogP contribution in [0.5, 0.6) is 0 Å². The second-order valence-electron chi connectivity index (χ2n) is 7.03. The Bertz CT molecular complexity index is 460. The van der Waals surface area contributed by atoms with Crippen LogP contribution in [-0.4, -0.2) is 29.6 Å². The predicted molar refractivity (Wildman–Crippen MR) is 91.8 cm³/mol. The molecule has 2 atom stereocenters. The molecule has 1 aromatic rings. The number of nitrogens with one attached hydrogen (secondary N) is 1. The van der Waals surface area contributed by atoms with Crippen LogP contribution in [0.4, 0.5) is 0 Å². The van der Waals surface area contributed by atoms with Gasteiger partial charge in [0.25, 0.3) is 0 Å². The maximum Gasteiger partial charge on any atom is 0.0451 e. The lowest BCUT2D eigenvalue weighted by atomic mass is 9.89. The first kappa shape index (κ1) is 16.8. The summed E-state index contributed by atoms with van der Waals surface area (Å²) in [5.74, 6) is 0.732. The Kier molecular flexibility index (Phi) is 5.70. The summed E-state index contributed by atoms with van der Waals surface area (Å²) >= 11 is 6.36. The fourth-order valence-corrected chi connectivity index (χ4v) is 3.39. The molecule has 1 aliphatic rings. The summed E-state index contributed by atoms with van der Waals surface area (Å²) in [5, 5.41) is 4.63. The number of piperazine rings is 1. The lowest BCUT2D eigenvalue weighted by Crippen LogP contribution is -2.62. The van der Waals surface area contributed by atoms with Gasteiger partial charge in [0, 0.05) is 36.2 Å². The minimum Gasteiger partial charge on any atom is -0.311 e. The fourth-order valence-electron chi connectivity index (χ4n) is 3.19. The highest BCUT2D eigenvalue weighted by atomic mass is 35.5. The molecule has 2 unspecified atom stereocenters. The molecule has 2 rings (SSSR count). The molecule has 0 radical (unpaired) electrons. The van der Waals surface area contributed by atoms with E-state index in [0.29, 0.717) is 6.04 Å². The monoisotopic (exact) mass is 308 g/mol. The van der Waals surface area contributed by atoms with Crippen LogP contribution in [0.25, 0.3) is 0 Å². The molecule has 0 spiro atoms. The summed E-state index contributed by atoms with van der Waals surface area (Å²) in [6.45, 7) is 12.4. The van der Waals surface area contributed by atoms with Gasteiger partial charge in [-0.3, -0.25) is 4.90 Å². The average Bonchev–Trinajstić information content (AvgIpc) is 2.44. The van der Waals surface area contributed by atoms with Crippen molar-refractivity contribution in [3.8, 4) is 0 Å². The molecule has 0 amide bonds. The topological polar surface area (TPSA) is 15.3 Å².